The van der Waals surface area contributed by atoms with E-state index in [1.807, 2.05) is 17.3 Å². The van der Waals surface area contributed by atoms with Crippen molar-refractivity contribution >= 4 is 11.9 Å². The zero-order chi connectivity index (χ0) is 14.9. The van der Waals surface area contributed by atoms with E-state index in [1.54, 1.807) is 6.92 Å². The van der Waals surface area contributed by atoms with Gasteiger partial charge >= 0.3 is 0 Å². The van der Waals surface area contributed by atoms with Crippen molar-refractivity contribution in [2.75, 3.05) is 24.5 Å². The standard InChI is InChI=1S/C15H24N4O/c1-11-10-18(12(2)20)6-7-19(11)14-16-8-13(9-17-14)15(3,4)5/h8-9,11H,6-7,10H2,1-5H3/t11-/m1/s1. The Bertz CT molecular complexity index is 478. The minimum absolute atomic E-state index is 0.0669. The van der Waals surface area contributed by atoms with Crippen LogP contribution in [0.2, 0.25) is 0 Å². The summed E-state index contributed by atoms with van der Waals surface area (Å²) in [7, 11) is 0. The Morgan fingerprint density at radius 2 is 1.85 bits per heavy atom. The first kappa shape index (κ1) is 14.8. The maximum atomic E-state index is 11.4. The Labute approximate surface area is 121 Å². The van der Waals surface area contributed by atoms with Gasteiger partial charge in [0.25, 0.3) is 0 Å². The number of rotatable bonds is 1. The highest BCUT2D eigenvalue weighted by atomic mass is 16.2. The zero-order valence-electron chi connectivity index (χ0n) is 13.1. The highest BCUT2D eigenvalue weighted by molar-refractivity contribution is 5.73. The van der Waals surface area contributed by atoms with Gasteiger partial charge in [0, 0.05) is 45.0 Å². The first-order chi connectivity index (χ1) is 9.29. The molecule has 1 fully saturated rings. The second-order valence-corrected chi connectivity index (χ2v) is 6.53. The van der Waals surface area contributed by atoms with Crippen molar-refractivity contribution in [1.29, 1.82) is 0 Å². The summed E-state index contributed by atoms with van der Waals surface area (Å²) < 4.78 is 0. The van der Waals surface area contributed by atoms with Crippen molar-refractivity contribution in [3.05, 3.63) is 18.0 Å². The molecule has 0 saturated carbocycles. The van der Waals surface area contributed by atoms with E-state index in [4.69, 9.17) is 0 Å². The molecular weight excluding hydrogens is 252 g/mol. The molecular formula is C15H24N4O. The summed E-state index contributed by atoms with van der Waals surface area (Å²) in [6, 6.07) is 0.244. The minimum atomic E-state index is 0.0669. The molecule has 0 aliphatic carbocycles. The normalized spacial score (nSPS) is 20.1. The molecule has 110 valence electrons. The average molecular weight is 276 g/mol. The first-order valence-corrected chi connectivity index (χ1v) is 7.13. The molecule has 2 heterocycles. The molecule has 1 aromatic rings. The Balaban J connectivity index is 2.11. The fourth-order valence-corrected chi connectivity index (χ4v) is 2.40. The second-order valence-electron chi connectivity index (χ2n) is 6.53. The van der Waals surface area contributed by atoms with E-state index >= 15 is 0 Å². The molecule has 1 aliphatic rings. The van der Waals surface area contributed by atoms with Crippen molar-refractivity contribution in [3.8, 4) is 0 Å². The summed E-state index contributed by atoms with van der Waals surface area (Å²) in [5.74, 6) is 0.897. The molecule has 0 unspecified atom stereocenters. The lowest BCUT2D eigenvalue weighted by atomic mass is 9.89. The predicted molar refractivity (Wildman–Crippen MR) is 79.8 cm³/mol. The number of piperazine rings is 1. The van der Waals surface area contributed by atoms with Gasteiger partial charge in [0.05, 0.1) is 0 Å². The third-order valence-corrected chi connectivity index (χ3v) is 3.83. The summed E-state index contributed by atoms with van der Waals surface area (Å²) in [4.78, 5) is 24.5. The summed E-state index contributed by atoms with van der Waals surface area (Å²) in [6.07, 6.45) is 3.82. The van der Waals surface area contributed by atoms with E-state index in [2.05, 4.69) is 42.6 Å². The fourth-order valence-electron chi connectivity index (χ4n) is 2.40. The van der Waals surface area contributed by atoms with Crippen molar-refractivity contribution in [1.82, 2.24) is 14.9 Å². The highest BCUT2D eigenvalue weighted by Crippen LogP contribution is 2.22. The topological polar surface area (TPSA) is 49.3 Å². The quantitative estimate of drug-likeness (QED) is 0.785. The van der Waals surface area contributed by atoms with Crippen LogP contribution >= 0.6 is 0 Å². The van der Waals surface area contributed by atoms with Crippen LogP contribution in [0.3, 0.4) is 0 Å². The third-order valence-electron chi connectivity index (χ3n) is 3.83. The van der Waals surface area contributed by atoms with Gasteiger partial charge in [-0.05, 0) is 17.9 Å². The lowest BCUT2D eigenvalue weighted by Crippen LogP contribution is -2.53. The number of aromatic nitrogens is 2. The molecule has 1 aliphatic heterocycles. The Hall–Kier alpha value is -1.65. The number of carbonyl (C=O) groups is 1. The van der Waals surface area contributed by atoms with Gasteiger partial charge < -0.3 is 9.80 Å². The molecule has 0 spiro atoms. The monoisotopic (exact) mass is 276 g/mol. The minimum Gasteiger partial charge on any atom is -0.339 e. The maximum Gasteiger partial charge on any atom is 0.225 e. The van der Waals surface area contributed by atoms with Crippen LogP contribution in [0.25, 0.3) is 0 Å². The first-order valence-electron chi connectivity index (χ1n) is 7.13. The van der Waals surface area contributed by atoms with Gasteiger partial charge in [0.15, 0.2) is 0 Å². The second kappa shape index (κ2) is 5.38. The molecule has 0 bridgehead atoms. The molecule has 1 amide bonds. The van der Waals surface area contributed by atoms with Gasteiger partial charge in [-0.2, -0.15) is 0 Å². The Kier molecular flexibility index (Phi) is 3.97. The summed E-state index contributed by atoms with van der Waals surface area (Å²) in [6.45, 7) is 12.4. The maximum absolute atomic E-state index is 11.4. The number of carbonyl (C=O) groups excluding carboxylic acids is 1. The number of nitrogens with zero attached hydrogens (tertiary/aromatic N) is 4. The van der Waals surface area contributed by atoms with Gasteiger partial charge in [-0.25, -0.2) is 9.97 Å². The van der Waals surface area contributed by atoms with E-state index in [1.165, 1.54) is 0 Å². The van der Waals surface area contributed by atoms with Crippen molar-refractivity contribution in [3.63, 3.8) is 0 Å². The van der Waals surface area contributed by atoms with Gasteiger partial charge in [-0.3, -0.25) is 4.79 Å². The third kappa shape index (κ3) is 3.08. The van der Waals surface area contributed by atoms with E-state index in [9.17, 15) is 4.79 Å². The van der Waals surface area contributed by atoms with Gasteiger partial charge in [-0.15, -0.1) is 0 Å². The lowest BCUT2D eigenvalue weighted by molar-refractivity contribution is -0.129. The predicted octanol–water partition coefficient (Wildman–Crippen LogP) is 1.83. The highest BCUT2D eigenvalue weighted by Gasteiger charge is 2.27. The van der Waals surface area contributed by atoms with Crippen LogP contribution in [0.5, 0.6) is 0 Å². The van der Waals surface area contributed by atoms with Crippen LogP contribution in [-0.2, 0) is 10.2 Å². The molecule has 1 aromatic heterocycles. The summed E-state index contributed by atoms with van der Waals surface area (Å²) in [5.41, 5.74) is 1.20. The molecule has 20 heavy (non-hydrogen) atoms. The lowest BCUT2D eigenvalue weighted by Gasteiger charge is -2.39. The Morgan fingerprint density at radius 3 is 2.30 bits per heavy atom. The molecule has 0 N–H and O–H groups in total. The van der Waals surface area contributed by atoms with Crippen molar-refractivity contribution < 1.29 is 4.79 Å². The molecule has 2 rings (SSSR count). The van der Waals surface area contributed by atoms with Crippen molar-refractivity contribution in [2.45, 2.75) is 46.1 Å². The number of hydrogen-bond donors (Lipinski definition) is 0. The number of hydrogen-bond acceptors (Lipinski definition) is 4. The van der Waals surface area contributed by atoms with Gasteiger partial charge in [0.2, 0.25) is 11.9 Å². The van der Waals surface area contributed by atoms with Crippen LogP contribution < -0.4 is 4.90 Å². The van der Waals surface area contributed by atoms with E-state index < -0.39 is 0 Å². The van der Waals surface area contributed by atoms with Gasteiger partial charge in [-0.1, -0.05) is 20.8 Å². The molecule has 1 atom stereocenters. The van der Waals surface area contributed by atoms with E-state index in [0.717, 1.165) is 31.1 Å². The molecule has 5 nitrogen and oxygen atoms in total. The van der Waals surface area contributed by atoms with Crippen molar-refractivity contribution in [2.24, 2.45) is 0 Å². The fraction of sp³-hybridized carbons (Fsp3) is 0.667. The van der Waals surface area contributed by atoms with Crippen LogP contribution in [0, 0.1) is 0 Å². The molecule has 0 radical (unpaired) electrons. The molecule has 5 heteroatoms. The SMILES string of the molecule is CC(=O)N1CCN(c2ncc(C(C)(C)C)cn2)[C@H](C)C1. The van der Waals surface area contributed by atoms with E-state index in [0.29, 0.717) is 0 Å². The van der Waals surface area contributed by atoms with Gasteiger partial charge in [0.1, 0.15) is 0 Å². The molecule has 1 saturated heterocycles. The Morgan fingerprint density at radius 1 is 1.25 bits per heavy atom. The molecule has 0 aromatic carbocycles. The van der Waals surface area contributed by atoms with Crippen LogP contribution in [0.15, 0.2) is 12.4 Å². The summed E-state index contributed by atoms with van der Waals surface area (Å²) in [5, 5.41) is 0. The number of anilines is 1. The smallest absolute Gasteiger partial charge is 0.225 e. The van der Waals surface area contributed by atoms with Crippen LogP contribution in [0.1, 0.15) is 40.2 Å². The van der Waals surface area contributed by atoms with E-state index in [-0.39, 0.29) is 17.4 Å². The summed E-state index contributed by atoms with van der Waals surface area (Å²) >= 11 is 0. The average Bonchev–Trinajstić information content (AvgIpc) is 2.37. The zero-order valence-corrected chi connectivity index (χ0v) is 13.1. The largest absolute Gasteiger partial charge is 0.339 e. The van der Waals surface area contributed by atoms with Crippen LogP contribution in [0.4, 0.5) is 5.95 Å². The number of amides is 1. The van der Waals surface area contributed by atoms with Crippen LogP contribution in [-0.4, -0.2) is 46.5 Å².